The van der Waals surface area contributed by atoms with Crippen LogP contribution in [0.2, 0.25) is 0 Å². The Hall–Kier alpha value is -1.13. The van der Waals surface area contributed by atoms with E-state index < -0.39 is 0 Å². The number of hydrogen-bond acceptors (Lipinski definition) is 3. The summed E-state index contributed by atoms with van der Waals surface area (Å²) in [6.45, 7) is 3.44. The van der Waals surface area contributed by atoms with Crippen molar-refractivity contribution in [2.45, 2.75) is 18.9 Å². The minimum atomic E-state index is 0.640. The molecule has 3 nitrogen and oxygen atoms in total. The standard InChI is InChI=1S/C12H15N3S/c1-4-13-14-12(1)11-2-5-15(8-11)7-10-3-6-16-9-10/h1,3-4,6,9,11H,2,5,7-8H2,(H,13,14)/t11-/m1/s1. The predicted molar refractivity (Wildman–Crippen MR) is 65.5 cm³/mol. The highest BCUT2D eigenvalue weighted by Crippen LogP contribution is 2.26. The van der Waals surface area contributed by atoms with E-state index in [9.17, 15) is 0 Å². The maximum absolute atomic E-state index is 4.03. The zero-order valence-electron chi connectivity index (χ0n) is 9.10. The highest BCUT2D eigenvalue weighted by molar-refractivity contribution is 7.07. The first kappa shape index (κ1) is 10.1. The number of thiophene rings is 1. The Bertz CT molecular complexity index is 421. The summed E-state index contributed by atoms with van der Waals surface area (Å²) in [6.07, 6.45) is 3.09. The van der Waals surface area contributed by atoms with Gasteiger partial charge in [-0.1, -0.05) is 0 Å². The quantitative estimate of drug-likeness (QED) is 0.883. The van der Waals surface area contributed by atoms with Crippen LogP contribution in [0.5, 0.6) is 0 Å². The Balaban J connectivity index is 1.61. The lowest BCUT2D eigenvalue weighted by atomic mass is 10.1. The fraction of sp³-hybridized carbons (Fsp3) is 0.417. The second-order valence-corrected chi connectivity index (χ2v) is 5.14. The fourth-order valence-corrected chi connectivity index (χ4v) is 3.02. The smallest absolute Gasteiger partial charge is 0.0490 e. The van der Waals surface area contributed by atoms with Gasteiger partial charge in [0.1, 0.15) is 0 Å². The average Bonchev–Trinajstić information content (AvgIpc) is 2.99. The monoisotopic (exact) mass is 233 g/mol. The van der Waals surface area contributed by atoms with E-state index in [1.54, 1.807) is 11.3 Å². The minimum absolute atomic E-state index is 0.640. The molecule has 0 radical (unpaired) electrons. The number of nitrogens with zero attached hydrogens (tertiary/aromatic N) is 2. The maximum atomic E-state index is 4.03. The molecule has 0 aromatic carbocycles. The van der Waals surface area contributed by atoms with Crippen molar-refractivity contribution in [2.75, 3.05) is 13.1 Å². The summed E-state index contributed by atoms with van der Waals surface area (Å²) < 4.78 is 0. The molecule has 1 saturated heterocycles. The van der Waals surface area contributed by atoms with Crippen LogP contribution in [0.3, 0.4) is 0 Å². The van der Waals surface area contributed by atoms with Crippen LogP contribution in [0.1, 0.15) is 23.6 Å². The van der Waals surface area contributed by atoms with Crippen molar-refractivity contribution < 1.29 is 0 Å². The lowest BCUT2D eigenvalue weighted by molar-refractivity contribution is 0.327. The van der Waals surface area contributed by atoms with Crippen molar-refractivity contribution in [2.24, 2.45) is 0 Å². The number of rotatable bonds is 3. The van der Waals surface area contributed by atoms with Gasteiger partial charge in [-0.05, 0) is 41.4 Å². The molecule has 0 unspecified atom stereocenters. The van der Waals surface area contributed by atoms with Gasteiger partial charge in [0.2, 0.25) is 0 Å². The van der Waals surface area contributed by atoms with Crippen molar-refractivity contribution in [1.82, 2.24) is 15.1 Å². The van der Waals surface area contributed by atoms with Gasteiger partial charge in [0.25, 0.3) is 0 Å². The number of aromatic nitrogens is 2. The third kappa shape index (κ3) is 2.03. The number of nitrogens with one attached hydrogen (secondary N) is 1. The summed E-state index contributed by atoms with van der Waals surface area (Å²) in [7, 11) is 0. The van der Waals surface area contributed by atoms with Crippen LogP contribution < -0.4 is 0 Å². The largest absolute Gasteiger partial charge is 0.298 e. The van der Waals surface area contributed by atoms with E-state index in [2.05, 4.69) is 38.0 Å². The SMILES string of the molecule is c1cc([C@@H]2CCN(Cc3ccsc3)C2)[nH]n1. The van der Waals surface area contributed by atoms with Gasteiger partial charge >= 0.3 is 0 Å². The second-order valence-electron chi connectivity index (χ2n) is 4.36. The van der Waals surface area contributed by atoms with Crippen molar-refractivity contribution in [3.05, 3.63) is 40.3 Å². The molecule has 0 amide bonds. The van der Waals surface area contributed by atoms with Crippen LogP contribution in [-0.4, -0.2) is 28.2 Å². The molecular weight excluding hydrogens is 218 g/mol. The second kappa shape index (κ2) is 4.39. The first-order chi connectivity index (χ1) is 7.92. The molecule has 1 aliphatic heterocycles. The lowest BCUT2D eigenvalue weighted by Crippen LogP contribution is -2.19. The summed E-state index contributed by atoms with van der Waals surface area (Å²) >= 11 is 1.78. The van der Waals surface area contributed by atoms with E-state index in [-0.39, 0.29) is 0 Å². The van der Waals surface area contributed by atoms with Gasteiger partial charge < -0.3 is 0 Å². The first-order valence-electron chi connectivity index (χ1n) is 5.64. The summed E-state index contributed by atoms with van der Waals surface area (Å²) in [5.41, 5.74) is 2.73. The van der Waals surface area contributed by atoms with Gasteiger partial charge in [-0.15, -0.1) is 0 Å². The van der Waals surface area contributed by atoms with Crippen LogP contribution >= 0.6 is 11.3 Å². The van der Waals surface area contributed by atoms with Gasteiger partial charge in [-0.25, -0.2) is 0 Å². The van der Waals surface area contributed by atoms with Crippen molar-refractivity contribution in [1.29, 1.82) is 0 Å². The molecule has 0 saturated carbocycles. The van der Waals surface area contributed by atoms with E-state index in [4.69, 9.17) is 0 Å². The zero-order chi connectivity index (χ0) is 10.8. The molecule has 4 heteroatoms. The van der Waals surface area contributed by atoms with Gasteiger partial charge in [-0.2, -0.15) is 16.4 Å². The minimum Gasteiger partial charge on any atom is -0.298 e. The van der Waals surface area contributed by atoms with Gasteiger partial charge in [-0.3, -0.25) is 10.00 Å². The molecule has 1 aliphatic rings. The predicted octanol–water partition coefficient (Wildman–Crippen LogP) is 2.46. The average molecular weight is 233 g/mol. The molecule has 16 heavy (non-hydrogen) atoms. The van der Waals surface area contributed by atoms with Crippen LogP contribution in [0.15, 0.2) is 29.1 Å². The number of aromatic amines is 1. The molecule has 0 spiro atoms. The molecule has 3 heterocycles. The Morgan fingerprint density at radius 3 is 3.25 bits per heavy atom. The summed E-state index contributed by atoms with van der Waals surface area (Å²) in [6, 6.07) is 4.31. The Kier molecular flexibility index (Phi) is 2.76. The van der Waals surface area contributed by atoms with E-state index >= 15 is 0 Å². The first-order valence-corrected chi connectivity index (χ1v) is 6.59. The molecule has 1 atom stereocenters. The van der Waals surface area contributed by atoms with Crippen LogP contribution in [0.25, 0.3) is 0 Å². The topological polar surface area (TPSA) is 31.9 Å². The molecule has 1 fully saturated rings. The summed E-state index contributed by atoms with van der Waals surface area (Å²) in [5, 5.41) is 11.5. The van der Waals surface area contributed by atoms with E-state index in [0.717, 1.165) is 13.1 Å². The molecule has 0 aliphatic carbocycles. The molecular formula is C12H15N3S. The van der Waals surface area contributed by atoms with Crippen LogP contribution in [0.4, 0.5) is 0 Å². The fourth-order valence-electron chi connectivity index (χ4n) is 2.36. The highest BCUT2D eigenvalue weighted by atomic mass is 32.1. The summed E-state index contributed by atoms with van der Waals surface area (Å²) in [5.74, 6) is 0.640. The Morgan fingerprint density at radius 1 is 1.50 bits per heavy atom. The molecule has 0 bridgehead atoms. The highest BCUT2D eigenvalue weighted by Gasteiger charge is 2.24. The van der Waals surface area contributed by atoms with Crippen LogP contribution in [0, 0.1) is 0 Å². The molecule has 3 rings (SSSR count). The van der Waals surface area contributed by atoms with Gasteiger partial charge in [0.15, 0.2) is 0 Å². The van der Waals surface area contributed by atoms with E-state index in [0.29, 0.717) is 5.92 Å². The van der Waals surface area contributed by atoms with E-state index in [1.165, 1.54) is 24.2 Å². The third-order valence-corrected chi connectivity index (χ3v) is 3.95. The lowest BCUT2D eigenvalue weighted by Gasteiger charge is -2.14. The zero-order valence-corrected chi connectivity index (χ0v) is 9.91. The normalized spacial score (nSPS) is 21.6. The Labute approximate surface area is 99.1 Å². The van der Waals surface area contributed by atoms with E-state index in [1.807, 2.05) is 6.20 Å². The summed E-state index contributed by atoms with van der Waals surface area (Å²) in [4.78, 5) is 2.52. The molecule has 84 valence electrons. The van der Waals surface area contributed by atoms with Crippen molar-refractivity contribution in [3.8, 4) is 0 Å². The van der Waals surface area contributed by atoms with Gasteiger partial charge in [0, 0.05) is 30.9 Å². The maximum Gasteiger partial charge on any atom is 0.0490 e. The van der Waals surface area contributed by atoms with Gasteiger partial charge in [0.05, 0.1) is 0 Å². The van der Waals surface area contributed by atoms with Crippen molar-refractivity contribution >= 4 is 11.3 Å². The molecule has 2 aromatic rings. The number of likely N-dealkylation sites (tertiary alicyclic amines) is 1. The van der Waals surface area contributed by atoms with Crippen LogP contribution in [-0.2, 0) is 6.54 Å². The molecule has 1 N–H and O–H groups in total. The Morgan fingerprint density at radius 2 is 2.50 bits per heavy atom. The van der Waals surface area contributed by atoms with Crippen molar-refractivity contribution in [3.63, 3.8) is 0 Å². The third-order valence-electron chi connectivity index (χ3n) is 3.22. The molecule has 2 aromatic heterocycles. The number of H-pyrrole nitrogens is 1. The number of hydrogen-bond donors (Lipinski definition) is 1.